The molecule has 122 valence electrons. The summed E-state index contributed by atoms with van der Waals surface area (Å²) in [5, 5.41) is 10.6. The molecule has 2 nitrogen and oxygen atoms in total. The van der Waals surface area contributed by atoms with Crippen LogP contribution in [0.25, 0.3) is 11.1 Å². The zero-order valence-corrected chi connectivity index (χ0v) is 17.7. The monoisotopic (exact) mass is 427 g/mol. The summed E-state index contributed by atoms with van der Waals surface area (Å²) in [6.45, 7) is 6.28. The summed E-state index contributed by atoms with van der Waals surface area (Å²) in [5.41, 5.74) is 3.70. The van der Waals surface area contributed by atoms with Crippen LogP contribution in [0.1, 0.15) is 31.9 Å². The minimum absolute atomic E-state index is 0.102. The number of aromatic hydroxyl groups is 1. The molecule has 0 unspecified atom stereocenters. The van der Waals surface area contributed by atoms with Crippen LogP contribution in [0.5, 0.6) is 5.75 Å². The fourth-order valence-corrected chi connectivity index (χ4v) is 2.34. The van der Waals surface area contributed by atoms with Crippen molar-refractivity contribution in [2.45, 2.75) is 26.2 Å². The van der Waals surface area contributed by atoms with Crippen molar-refractivity contribution in [3.05, 3.63) is 53.6 Å². The van der Waals surface area contributed by atoms with Gasteiger partial charge in [-0.25, -0.2) is 0 Å². The Bertz CT molecular complexity index is 652. The number of halogens is 2. The summed E-state index contributed by atoms with van der Waals surface area (Å²) >= 11 is -0.826. The molecule has 0 radical (unpaired) electrons. The number of phenols is 1. The minimum atomic E-state index is -0.826. The van der Waals surface area contributed by atoms with E-state index in [9.17, 15) is 5.11 Å². The molecular formula is C18H21Cl2NOZr. The molecule has 0 aliphatic heterocycles. The molecule has 0 aliphatic carbocycles. The third-order valence-electron chi connectivity index (χ3n) is 3.37. The molecule has 0 atom stereocenters. The number of benzene rings is 2. The van der Waals surface area contributed by atoms with Crippen LogP contribution in [0.4, 0.5) is 0 Å². The van der Waals surface area contributed by atoms with Crippen molar-refractivity contribution < 1.29 is 26.0 Å². The van der Waals surface area contributed by atoms with E-state index in [1.165, 1.54) is 0 Å². The van der Waals surface area contributed by atoms with Gasteiger partial charge in [0.1, 0.15) is 5.75 Å². The Labute approximate surface area is 157 Å². The Hall–Kier alpha value is -0.627. The molecule has 0 spiro atoms. The van der Waals surface area contributed by atoms with Gasteiger partial charge in [0, 0.05) is 18.8 Å². The first-order valence-electron chi connectivity index (χ1n) is 7.17. The first-order chi connectivity index (χ1) is 10.9. The van der Waals surface area contributed by atoms with E-state index in [0.29, 0.717) is 5.75 Å². The third-order valence-corrected chi connectivity index (χ3v) is 3.37. The standard InChI is InChI=1S/C18H21NO.2ClH.Zr/c1-18(2,3)16-11-10-14(13-8-6-5-7-9-13)15(12-19-4)17(16)20;;;/h5-12,20H,1-4H3;2*1H;/q;;;+2/p-2. The normalized spacial score (nSPS) is 11.0. The SMILES string of the molecule is CN=Cc1c(-c2ccccc2)ccc(C(C)(C)C)c1O.[Cl][Zr][Cl]. The molecule has 0 bridgehead atoms. The van der Waals surface area contributed by atoms with E-state index in [-0.39, 0.29) is 5.41 Å². The van der Waals surface area contributed by atoms with Crippen molar-refractivity contribution in [3.63, 3.8) is 0 Å². The van der Waals surface area contributed by atoms with E-state index < -0.39 is 20.8 Å². The number of nitrogens with zero attached hydrogens (tertiary/aromatic N) is 1. The summed E-state index contributed by atoms with van der Waals surface area (Å²) < 4.78 is 0. The summed E-state index contributed by atoms with van der Waals surface area (Å²) in [5.74, 6) is 0.324. The molecular weight excluding hydrogens is 408 g/mol. The molecule has 2 aromatic carbocycles. The van der Waals surface area contributed by atoms with Crippen molar-refractivity contribution in [3.8, 4) is 16.9 Å². The average Bonchev–Trinajstić information content (AvgIpc) is 2.50. The van der Waals surface area contributed by atoms with Crippen molar-refractivity contribution in [2.24, 2.45) is 4.99 Å². The van der Waals surface area contributed by atoms with Gasteiger partial charge in [-0.2, -0.15) is 0 Å². The van der Waals surface area contributed by atoms with Gasteiger partial charge in [0.2, 0.25) is 0 Å². The zero-order valence-electron chi connectivity index (χ0n) is 13.8. The van der Waals surface area contributed by atoms with Crippen LogP contribution in [0, 0.1) is 0 Å². The van der Waals surface area contributed by atoms with Crippen LogP contribution in [0.15, 0.2) is 47.5 Å². The van der Waals surface area contributed by atoms with E-state index in [2.05, 4.69) is 31.8 Å². The van der Waals surface area contributed by atoms with E-state index in [1.807, 2.05) is 36.4 Å². The number of rotatable bonds is 2. The second-order valence-electron chi connectivity index (χ2n) is 6.00. The molecule has 0 saturated heterocycles. The molecule has 23 heavy (non-hydrogen) atoms. The van der Waals surface area contributed by atoms with Crippen molar-refractivity contribution in [1.29, 1.82) is 0 Å². The maximum atomic E-state index is 10.6. The van der Waals surface area contributed by atoms with E-state index in [1.54, 1.807) is 13.3 Å². The van der Waals surface area contributed by atoms with Crippen LogP contribution >= 0.6 is 17.0 Å². The van der Waals surface area contributed by atoms with Gasteiger partial charge in [-0.3, -0.25) is 4.99 Å². The molecule has 2 rings (SSSR count). The van der Waals surface area contributed by atoms with Gasteiger partial charge in [0.25, 0.3) is 0 Å². The summed E-state index contributed by atoms with van der Waals surface area (Å²) in [7, 11) is 11.6. The molecule has 0 saturated carbocycles. The van der Waals surface area contributed by atoms with Crippen LogP contribution in [0.2, 0.25) is 0 Å². The summed E-state index contributed by atoms with van der Waals surface area (Å²) in [6, 6.07) is 14.1. The second kappa shape index (κ2) is 9.62. The quantitative estimate of drug-likeness (QED) is 0.603. The topological polar surface area (TPSA) is 32.6 Å². The second-order valence-corrected chi connectivity index (χ2v) is 9.73. The Balaban J connectivity index is 0.000000816. The molecule has 0 heterocycles. The first-order valence-corrected chi connectivity index (χ1v) is 13.5. The predicted molar refractivity (Wildman–Crippen MR) is 97.5 cm³/mol. The van der Waals surface area contributed by atoms with Gasteiger partial charge in [-0.1, -0.05) is 63.2 Å². The molecule has 5 heteroatoms. The first kappa shape index (κ1) is 20.4. The Morgan fingerprint density at radius 2 is 1.61 bits per heavy atom. The molecule has 1 N–H and O–H groups in total. The number of phenolic OH excluding ortho intramolecular Hbond substituents is 1. The zero-order chi connectivity index (χ0) is 17.5. The number of hydrogen-bond donors (Lipinski definition) is 1. The number of hydrogen-bond acceptors (Lipinski definition) is 2. The summed E-state index contributed by atoms with van der Waals surface area (Å²) in [6.07, 6.45) is 1.73. The molecule has 0 aliphatic rings. The third kappa shape index (κ3) is 5.74. The van der Waals surface area contributed by atoms with Gasteiger partial charge < -0.3 is 5.11 Å². The van der Waals surface area contributed by atoms with Gasteiger partial charge in [0.05, 0.1) is 0 Å². The van der Waals surface area contributed by atoms with Crippen molar-refractivity contribution in [1.82, 2.24) is 0 Å². The van der Waals surface area contributed by atoms with E-state index in [0.717, 1.165) is 22.3 Å². The summed E-state index contributed by atoms with van der Waals surface area (Å²) in [4.78, 5) is 4.09. The predicted octanol–water partition coefficient (Wildman–Crippen LogP) is 5.78. The van der Waals surface area contributed by atoms with Gasteiger partial charge in [-0.05, 0) is 22.1 Å². The van der Waals surface area contributed by atoms with E-state index >= 15 is 0 Å². The van der Waals surface area contributed by atoms with Gasteiger partial charge >= 0.3 is 37.9 Å². The molecule has 0 amide bonds. The van der Waals surface area contributed by atoms with Gasteiger partial charge in [0.15, 0.2) is 0 Å². The van der Waals surface area contributed by atoms with Crippen LogP contribution in [-0.2, 0) is 26.3 Å². The molecule has 0 fully saturated rings. The molecule has 0 aromatic heterocycles. The van der Waals surface area contributed by atoms with E-state index in [4.69, 9.17) is 17.0 Å². The van der Waals surface area contributed by atoms with Gasteiger partial charge in [-0.15, -0.1) is 0 Å². The maximum absolute atomic E-state index is 10.6. The van der Waals surface area contributed by atoms with Crippen LogP contribution in [-0.4, -0.2) is 18.4 Å². The Morgan fingerprint density at radius 3 is 2.09 bits per heavy atom. The fourth-order valence-electron chi connectivity index (χ4n) is 2.34. The van der Waals surface area contributed by atoms with Crippen molar-refractivity contribution >= 4 is 23.2 Å². The van der Waals surface area contributed by atoms with Crippen LogP contribution < -0.4 is 0 Å². The fraction of sp³-hybridized carbons (Fsp3) is 0.278. The Kier molecular flexibility index (Phi) is 8.54. The van der Waals surface area contributed by atoms with Crippen molar-refractivity contribution in [2.75, 3.05) is 7.05 Å². The Morgan fingerprint density at radius 1 is 1.04 bits per heavy atom. The van der Waals surface area contributed by atoms with Crippen LogP contribution in [0.3, 0.4) is 0 Å². The average molecular weight is 430 g/mol. The molecule has 2 aromatic rings. The number of aliphatic imine (C=N–C) groups is 1.